The third-order valence-corrected chi connectivity index (χ3v) is 7.57. The van der Waals surface area contributed by atoms with Crippen LogP contribution >= 0.6 is 0 Å². The number of H-pyrrole nitrogens is 1. The summed E-state index contributed by atoms with van der Waals surface area (Å²) >= 11 is 0. The average molecular weight is 485 g/mol. The van der Waals surface area contributed by atoms with Gasteiger partial charge in [0, 0.05) is 29.8 Å². The molecule has 0 aliphatic rings. The third kappa shape index (κ3) is 4.59. The maximum Gasteiger partial charge on any atom is 0.263 e. The van der Waals surface area contributed by atoms with Gasteiger partial charge in [0.15, 0.2) is 9.84 Å². The normalized spacial score (nSPS) is 11.9. The van der Waals surface area contributed by atoms with Gasteiger partial charge in [-0.25, -0.2) is 16.8 Å². The number of amides is 1. The monoisotopic (exact) mass is 484 g/mol. The number of sulfonamides is 1. The Morgan fingerprint density at radius 1 is 0.909 bits per heavy atom. The Bertz CT molecular complexity index is 1590. The van der Waals surface area contributed by atoms with Crippen molar-refractivity contribution in [3.05, 3.63) is 66.7 Å². The van der Waals surface area contributed by atoms with E-state index in [1.165, 1.54) is 31.2 Å². The quantitative estimate of drug-likeness (QED) is 0.383. The Morgan fingerprint density at radius 3 is 2.27 bits per heavy atom. The van der Waals surface area contributed by atoms with Crippen LogP contribution in [0.5, 0.6) is 0 Å². The Balaban J connectivity index is 1.78. The highest BCUT2D eigenvalue weighted by molar-refractivity contribution is 7.95. The molecule has 170 valence electrons. The van der Waals surface area contributed by atoms with Crippen LogP contribution in [0.1, 0.15) is 6.92 Å². The average Bonchev–Trinajstić information content (AvgIpc) is 3.16. The molecule has 0 atom stereocenters. The largest absolute Gasteiger partial charge is 0.326 e. The molecular formula is C22H20N4O5S2. The predicted molar refractivity (Wildman–Crippen MR) is 126 cm³/mol. The molecule has 1 heterocycles. The summed E-state index contributed by atoms with van der Waals surface area (Å²) in [5, 5.41) is 10.6. The van der Waals surface area contributed by atoms with Gasteiger partial charge in [0.2, 0.25) is 5.91 Å². The number of hydrogen-bond donors (Lipinski definition) is 3. The van der Waals surface area contributed by atoms with E-state index < -0.39 is 19.9 Å². The number of fused-ring (bicyclic) bond motifs is 1. The number of nitrogens with zero attached hydrogens (tertiary/aromatic N) is 1. The second-order valence-electron chi connectivity index (χ2n) is 7.38. The number of anilines is 2. The summed E-state index contributed by atoms with van der Waals surface area (Å²) in [5.74, 6) is -0.236. The van der Waals surface area contributed by atoms with E-state index in [1.54, 1.807) is 42.5 Å². The minimum absolute atomic E-state index is 0.227. The van der Waals surface area contributed by atoms with Crippen LogP contribution in [0.4, 0.5) is 11.4 Å². The minimum Gasteiger partial charge on any atom is -0.326 e. The standard InChI is InChI=1S/C22H20N4O5S2/c1-14(27)23-18-8-4-3-7-16(18)22-17-13-15(11-12-19(17)24-25-22)26-33(30,31)21-10-6-5-9-20(21)32(2,28)29/h3-13,26H,1-2H3,(H,23,27)(H,24,25). The van der Waals surface area contributed by atoms with Gasteiger partial charge in [0.1, 0.15) is 10.6 Å². The fourth-order valence-corrected chi connectivity index (χ4v) is 6.14. The van der Waals surface area contributed by atoms with Gasteiger partial charge in [0.05, 0.1) is 16.1 Å². The van der Waals surface area contributed by atoms with Crippen LogP contribution in [-0.4, -0.2) is 39.2 Å². The molecule has 0 saturated heterocycles. The maximum atomic E-state index is 13.0. The number of sulfone groups is 1. The molecule has 0 saturated carbocycles. The summed E-state index contributed by atoms with van der Waals surface area (Å²) in [6, 6.07) is 17.3. The van der Waals surface area contributed by atoms with E-state index in [2.05, 4.69) is 20.2 Å². The first-order valence-electron chi connectivity index (χ1n) is 9.73. The maximum absolute atomic E-state index is 13.0. The van der Waals surface area contributed by atoms with Crippen LogP contribution in [0.25, 0.3) is 22.2 Å². The van der Waals surface area contributed by atoms with E-state index in [-0.39, 0.29) is 21.4 Å². The van der Waals surface area contributed by atoms with Crippen molar-refractivity contribution in [3.63, 3.8) is 0 Å². The molecule has 4 aromatic rings. The molecule has 0 aliphatic carbocycles. The second kappa shape index (κ2) is 8.34. The van der Waals surface area contributed by atoms with Gasteiger partial charge in [-0.1, -0.05) is 30.3 Å². The summed E-state index contributed by atoms with van der Waals surface area (Å²) in [6.45, 7) is 1.40. The minimum atomic E-state index is -4.20. The van der Waals surface area contributed by atoms with Crippen LogP contribution < -0.4 is 10.0 Å². The molecule has 0 bridgehead atoms. The van der Waals surface area contributed by atoms with Gasteiger partial charge >= 0.3 is 0 Å². The number of aromatic nitrogens is 2. The number of nitrogens with one attached hydrogen (secondary N) is 3. The predicted octanol–water partition coefficient (Wildman–Crippen LogP) is 3.39. The Labute approximate surface area is 190 Å². The van der Waals surface area contributed by atoms with E-state index in [1.807, 2.05) is 0 Å². The lowest BCUT2D eigenvalue weighted by Crippen LogP contribution is -2.16. The van der Waals surface area contributed by atoms with Gasteiger partial charge in [0.25, 0.3) is 10.0 Å². The van der Waals surface area contributed by atoms with E-state index >= 15 is 0 Å². The van der Waals surface area contributed by atoms with Gasteiger partial charge < -0.3 is 5.32 Å². The molecule has 1 aromatic heterocycles. The molecule has 0 fully saturated rings. The van der Waals surface area contributed by atoms with Crippen LogP contribution in [0.2, 0.25) is 0 Å². The Morgan fingerprint density at radius 2 is 1.58 bits per heavy atom. The summed E-state index contributed by atoms with van der Waals surface area (Å²) < 4.78 is 52.6. The lowest BCUT2D eigenvalue weighted by atomic mass is 10.1. The molecule has 33 heavy (non-hydrogen) atoms. The first-order valence-corrected chi connectivity index (χ1v) is 13.1. The van der Waals surface area contributed by atoms with E-state index in [9.17, 15) is 21.6 Å². The van der Waals surface area contributed by atoms with Crippen molar-refractivity contribution >= 4 is 48.0 Å². The molecule has 9 nitrogen and oxygen atoms in total. The van der Waals surface area contributed by atoms with E-state index in [4.69, 9.17) is 0 Å². The number of rotatable bonds is 6. The van der Waals surface area contributed by atoms with Gasteiger partial charge in [-0.3, -0.25) is 14.6 Å². The van der Waals surface area contributed by atoms with Gasteiger partial charge in [-0.15, -0.1) is 0 Å². The van der Waals surface area contributed by atoms with Crippen molar-refractivity contribution in [1.29, 1.82) is 0 Å². The van der Waals surface area contributed by atoms with Crippen molar-refractivity contribution in [1.82, 2.24) is 10.2 Å². The zero-order valence-corrected chi connectivity index (χ0v) is 19.3. The fraction of sp³-hybridized carbons (Fsp3) is 0.0909. The molecule has 0 radical (unpaired) electrons. The summed E-state index contributed by atoms with van der Waals surface area (Å²) in [6.07, 6.45) is 0.956. The molecule has 3 aromatic carbocycles. The highest BCUT2D eigenvalue weighted by Gasteiger charge is 2.24. The molecule has 0 unspecified atom stereocenters. The number of carbonyl (C=O) groups is 1. The topological polar surface area (TPSA) is 138 Å². The number of carbonyl (C=O) groups excluding carboxylic acids is 1. The van der Waals surface area contributed by atoms with E-state index in [0.29, 0.717) is 27.8 Å². The van der Waals surface area contributed by atoms with Crippen LogP contribution in [0.3, 0.4) is 0 Å². The zero-order chi connectivity index (χ0) is 23.8. The zero-order valence-electron chi connectivity index (χ0n) is 17.7. The highest BCUT2D eigenvalue weighted by atomic mass is 32.2. The van der Waals surface area contributed by atoms with Gasteiger partial charge in [-0.2, -0.15) is 5.10 Å². The number of aromatic amines is 1. The third-order valence-electron chi connectivity index (χ3n) is 4.85. The van der Waals surface area contributed by atoms with Crippen LogP contribution in [0, 0.1) is 0 Å². The van der Waals surface area contributed by atoms with Crippen molar-refractivity contribution < 1.29 is 21.6 Å². The first-order chi connectivity index (χ1) is 15.6. The van der Waals surface area contributed by atoms with Crippen LogP contribution in [0.15, 0.2) is 76.5 Å². The molecule has 0 spiro atoms. The number of benzene rings is 3. The fourth-order valence-electron chi connectivity index (χ4n) is 3.46. The molecule has 11 heteroatoms. The van der Waals surface area contributed by atoms with Crippen molar-refractivity contribution in [2.75, 3.05) is 16.3 Å². The van der Waals surface area contributed by atoms with Crippen molar-refractivity contribution in [2.45, 2.75) is 16.7 Å². The van der Waals surface area contributed by atoms with Gasteiger partial charge in [-0.05, 0) is 36.4 Å². The summed E-state index contributed by atoms with van der Waals surface area (Å²) in [5.41, 5.74) is 2.62. The lowest BCUT2D eigenvalue weighted by Gasteiger charge is -2.12. The highest BCUT2D eigenvalue weighted by Crippen LogP contribution is 2.34. The second-order valence-corrected chi connectivity index (χ2v) is 11.0. The van der Waals surface area contributed by atoms with E-state index in [0.717, 1.165) is 6.26 Å². The summed E-state index contributed by atoms with van der Waals surface area (Å²) in [4.78, 5) is 11.0. The molecule has 1 amide bonds. The Hall–Kier alpha value is -3.70. The van der Waals surface area contributed by atoms with Crippen molar-refractivity contribution in [3.8, 4) is 11.3 Å². The lowest BCUT2D eigenvalue weighted by molar-refractivity contribution is -0.114. The molecular weight excluding hydrogens is 464 g/mol. The van der Waals surface area contributed by atoms with Crippen LogP contribution in [-0.2, 0) is 24.7 Å². The first kappa shape index (κ1) is 22.5. The molecule has 4 rings (SSSR count). The smallest absolute Gasteiger partial charge is 0.263 e. The molecule has 3 N–H and O–H groups in total. The molecule has 0 aliphatic heterocycles. The number of para-hydroxylation sites is 1. The van der Waals surface area contributed by atoms with Crippen molar-refractivity contribution in [2.24, 2.45) is 0 Å². The number of hydrogen-bond acceptors (Lipinski definition) is 6. The SMILES string of the molecule is CC(=O)Nc1ccccc1-c1n[nH]c2ccc(NS(=O)(=O)c3ccccc3S(C)(=O)=O)cc12. The summed E-state index contributed by atoms with van der Waals surface area (Å²) in [7, 11) is -7.96. The Kier molecular flexibility index (Phi) is 5.68.